The molecule has 0 aliphatic heterocycles. The number of ether oxygens (including phenoxy) is 2. The van der Waals surface area contributed by atoms with E-state index in [0.29, 0.717) is 17.4 Å². The molecule has 0 bridgehead atoms. The van der Waals surface area contributed by atoms with Gasteiger partial charge in [0.05, 0.1) is 40.5 Å². The Hall–Kier alpha value is -6.54. The Labute approximate surface area is 277 Å². The number of hydrogen-bond donors (Lipinski definition) is 0. The monoisotopic (exact) mass is 626 g/mol. The number of pyridine rings is 2. The molecule has 4 aromatic carbocycles. The van der Waals surface area contributed by atoms with Gasteiger partial charge in [-0.1, -0.05) is 36.4 Å². The molecule has 8 aromatic rings. The first-order valence-electron chi connectivity index (χ1n) is 15.6. The highest BCUT2D eigenvalue weighted by molar-refractivity contribution is 6.09. The van der Waals surface area contributed by atoms with Gasteiger partial charge < -0.3 is 14.4 Å². The minimum atomic E-state index is 0.546. The number of aromatic nitrogens is 5. The highest BCUT2D eigenvalue weighted by Crippen LogP contribution is 2.38. The van der Waals surface area contributed by atoms with Gasteiger partial charge in [-0.2, -0.15) is 0 Å². The molecule has 0 amide bonds. The summed E-state index contributed by atoms with van der Waals surface area (Å²) in [6, 6.07) is 39.8. The number of anilines is 1. The highest BCUT2D eigenvalue weighted by Gasteiger charge is 2.17. The smallest absolute Gasteiger partial charge is 0.234 e. The highest BCUT2D eigenvalue weighted by atomic mass is 16.5. The molecule has 0 atom stereocenters. The molecule has 0 radical (unpaired) electrons. The van der Waals surface area contributed by atoms with E-state index in [2.05, 4.69) is 26.7 Å². The molecule has 0 saturated carbocycles. The lowest BCUT2D eigenvalue weighted by atomic mass is 10.1. The molecule has 232 valence electrons. The van der Waals surface area contributed by atoms with Crippen LogP contribution in [0, 0.1) is 0 Å². The van der Waals surface area contributed by atoms with Gasteiger partial charge in [-0.3, -0.25) is 14.5 Å². The number of hydrogen-bond acceptors (Lipinski definition) is 7. The van der Waals surface area contributed by atoms with E-state index >= 15 is 0 Å². The van der Waals surface area contributed by atoms with E-state index in [1.165, 1.54) is 0 Å². The van der Waals surface area contributed by atoms with Crippen molar-refractivity contribution in [2.75, 3.05) is 19.0 Å². The van der Waals surface area contributed by atoms with Crippen LogP contribution in [0.4, 0.5) is 5.69 Å². The third-order valence-corrected chi connectivity index (χ3v) is 8.11. The van der Waals surface area contributed by atoms with Crippen LogP contribution in [0.3, 0.4) is 0 Å². The summed E-state index contributed by atoms with van der Waals surface area (Å²) in [4.78, 5) is 20.5. The number of fused-ring (bicyclic) bond motifs is 3. The van der Waals surface area contributed by atoms with Crippen LogP contribution in [0.1, 0.15) is 0 Å². The fraction of sp³-hybridized carbons (Fsp3) is 0.0500. The zero-order valence-corrected chi connectivity index (χ0v) is 26.4. The zero-order chi connectivity index (χ0) is 32.5. The Balaban J connectivity index is 1.20. The lowest BCUT2D eigenvalue weighted by Crippen LogP contribution is -2.10. The minimum Gasteiger partial charge on any atom is -0.457 e. The van der Waals surface area contributed by atoms with Gasteiger partial charge in [-0.25, -0.2) is 9.97 Å². The van der Waals surface area contributed by atoms with Crippen molar-refractivity contribution in [2.24, 2.45) is 0 Å². The topological polar surface area (TPSA) is 78.2 Å². The van der Waals surface area contributed by atoms with Crippen LogP contribution < -0.4 is 14.4 Å². The Kier molecular flexibility index (Phi) is 7.43. The summed E-state index contributed by atoms with van der Waals surface area (Å²) in [5.41, 5.74) is 6.47. The first-order valence-corrected chi connectivity index (χ1v) is 15.6. The second kappa shape index (κ2) is 12.3. The average molecular weight is 627 g/mol. The van der Waals surface area contributed by atoms with E-state index in [1.807, 2.05) is 141 Å². The lowest BCUT2D eigenvalue weighted by molar-refractivity contribution is 0.483. The summed E-state index contributed by atoms with van der Waals surface area (Å²) in [6.07, 6.45) is 7.23. The fourth-order valence-electron chi connectivity index (χ4n) is 5.76. The first kappa shape index (κ1) is 28.9. The predicted octanol–water partition coefficient (Wildman–Crippen LogP) is 9.35. The van der Waals surface area contributed by atoms with Crippen molar-refractivity contribution in [1.29, 1.82) is 0 Å². The Bertz CT molecular complexity index is 2230. The van der Waals surface area contributed by atoms with Crippen molar-refractivity contribution in [3.05, 3.63) is 146 Å². The molecule has 0 fully saturated rings. The van der Waals surface area contributed by atoms with Crippen LogP contribution in [-0.4, -0.2) is 38.6 Å². The number of rotatable bonds is 8. The molecular weight excluding hydrogens is 596 g/mol. The van der Waals surface area contributed by atoms with Gasteiger partial charge in [0.2, 0.25) is 5.95 Å². The molecule has 48 heavy (non-hydrogen) atoms. The second-order valence-corrected chi connectivity index (χ2v) is 11.5. The molecule has 8 rings (SSSR count). The van der Waals surface area contributed by atoms with E-state index in [1.54, 1.807) is 12.4 Å². The molecule has 8 nitrogen and oxygen atoms in total. The van der Waals surface area contributed by atoms with E-state index in [4.69, 9.17) is 19.4 Å². The molecule has 8 heteroatoms. The molecule has 0 aliphatic carbocycles. The van der Waals surface area contributed by atoms with Gasteiger partial charge in [0, 0.05) is 60.5 Å². The van der Waals surface area contributed by atoms with Gasteiger partial charge in [-0.15, -0.1) is 0 Å². The van der Waals surface area contributed by atoms with Gasteiger partial charge in [0.25, 0.3) is 0 Å². The molecule has 0 N–H and O–H groups in total. The quantitative estimate of drug-likeness (QED) is 0.166. The van der Waals surface area contributed by atoms with Gasteiger partial charge in [-0.05, 0) is 72.8 Å². The summed E-state index contributed by atoms with van der Waals surface area (Å²) in [6.45, 7) is 0. The van der Waals surface area contributed by atoms with Gasteiger partial charge in [0.1, 0.15) is 23.0 Å². The van der Waals surface area contributed by atoms with Crippen LogP contribution in [0.25, 0.3) is 50.3 Å². The average Bonchev–Trinajstić information content (AvgIpc) is 3.45. The molecule has 0 spiro atoms. The summed E-state index contributed by atoms with van der Waals surface area (Å²) >= 11 is 0. The standard InChI is InChI=1S/C40H30N6O2/c1-45(2)29-25-43-40(44-26-29)46-38-23-32(47-30-11-7-9-27(21-30)36-13-3-5-19-41-36)15-17-34(38)35-18-16-33(24-39(35)46)48-31-12-8-10-28(22-31)37-14-4-6-20-42-37/h3-26H,1-2H3. The molecule has 4 aromatic heterocycles. The SMILES string of the molecule is CN(C)c1cnc(-n2c3cc(Oc4cccc(-c5ccccn5)c4)ccc3c3ccc(Oc4cccc(-c5ccccn5)c4)cc32)nc1. The van der Waals surface area contributed by atoms with E-state index < -0.39 is 0 Å². The molecule has 0 unspecified atom stereocenters. The fourth-order valence-corrected chi connectivity index (χ4v) is 5.76. The van der Waals surface area contributed by atoms with E-state index in [-0.39, 0.29) is 0 Å². The van der Waals surface area contributed by atoms with E-state index in [9.17, 15) is 0 Å². The molecule has 0 saturated heterocycles. The maximum atomic E-state index is 6.42. The molecular formula is C40H30N6O2. The third-order valence-electron chi connectivity index (χ3n) is 8.11. The van der Waals surface area contributed by atoms with E-state index in [0.717, 1.165) is 61.5 Å². The minimum absolute atomic E-state index is 0.546. The Morgan fingerprint density at radius 3 is 1.46 bits per heavy atom. The van der Waals surface area contributed by atoms with Crippen molar-refractivity contribution in [2.45, 2.75) is 0 Å². The largest absolute Gasteiger partial charge is 0.457 e. The van der Waals surface area contributed by atoms with Gasteiger partial charge in [0.15, 0.2) is 0 Å². The Morgan fingerprint density at radius 2 is 1.00 bits per heavy atom. The van der Waals surface area contributed by atoms with Crippen molar-refractivity contribution >= 4 is 27.5 Å². The molecule has 0 aliphatic rings. The summed E-state index contributed by atoms with van der Waals surface area (Å²) < 4.78 is 14.9. The van der Waals surface area contributed by atoms with Crippen LogP contribution in [0.15, 0.2) is 146 Å². The van der Waals surface area contributed by atoms with Crippen LogP contribution in [-0.2, 0) is 0 Å². The number of benzene rings is 4. The second-order valence-electron chi connectivity index (χ2n) is 11.5. The lowest BCUT2D eigenvalue weighted by Gasteiger charge is -2.13. The maximum Gasteiger partial charge on any atom is 0.234 e. The molecule has 4 heterocycles. The third kappa shape index (κ3) is 5.67. The summed E-state index contributed by atoms with van der Waals surface area (Å²) in [5, 5.41) is 2.09. The zero-order valence-electron chi connectivity index (χ0n) is 26.4. The normalized spacial score (nSPS) is 11.1. The predicted molar refractivity (Wildman–Crippen MR) is 190 cm³/mol. The van der Waals surface area contributed by atoms with Crippen molar-refractivity contribution in [3.63, 3.8) is 0 Å². The first-order chi connectivity index (χ1) is 23.6. The number of nitrogens with zero attached hydrogens (tertiary/aromatic N) is 6. The van der Waals surface area contributed by atoms with Crippen molar-refractivity contribution in [1.82, 2.24) is 24.5 Å². The van der Waals surface area contributed by atoms with Gasteiger partial charge >= 0.3 is 0 Å². The summed E-state index contributed by atoms with van der Waals surface area (Å²) in [5.74, 6) is 3.37. The van der Waals surface area contributed by atoms with Crippen LogP contribution in [0.5, 0.6) is 23.0 Å². The van der Waals surface area contributed by atoms with Crippen LogP contribution in [0.2, 0.25) is 0 Å². The summed E-state index contributed by atoms with van der Waals surface area (Å²) in [7, 11) is 3.94. The van der Waals surface area contributed by atoms with Crippen molar-refractivity contribution in [3.8, 4) is 51.5 Å². The van der Waals surface area contributed by atoms with Crippen LogP contribution >= 0.6 is 0 Å². The Morgan fingerprint density at radius 1 is 0.500 bits per heavy atom. The van der Waals surface area contributed by atoms with Crippen molar-refractivity contribution < 1.29 is 9.47 Å². The maximum absolute atomic E-state index is 6.42.